The minimum absolute atomic E-state index is 0.794. The second-order valence-electron chi connectivity index (χ2n) is 4.91. The molecule has 0 heterocycles. The Kier molecular flexibility index (Phi) is 7.01. The van der Waals surface area contributed by atoms with Crippen LogP contribution in [0.3, 0.4) is 0 Å². The lowest BCUT2D eigenvalue weighted by atomic mass is 10.3. The third-order valence-electron chi connectivity index (χ3n) is 2.96. The molecule has 0 aromatic heterocycles. The maximum atomic E-state index is 4.32. The molecule has 0 aliphatic rings. The number of nitrogens with zero attached hydrogens (tertiary/aromatic N) is 2. The van der Waals surface area contributed by atoms with E-state index < -0.39 is 0 Å². The largest absolute Gasteiger partial charge is 0.151 e. The van der Waals surface area contributed by atoms with E-state index in [1.54, 1.807) is 0 Å². The molecule has 0 amide bonds. The van der Waals surface area contributed by atoms with Gasteiger partial charge in [0.05, 0.1) is 11.4 Å². The van der Waals surface area contributed by atoms with E-state index in [1.165, 1.54) is 5.56 Å². The molecule has 0 fully saturated rings. The first kappa shape index (κ1) is 16.4. The molecule has 0 unspecified atom stereocenters. The van der Waals surface area contributed by atoms with E-state index in [0.717, 1.165) is 11.4 Å². The van der Waals surface area contributed by atoms with Crippen molar-refractivity contribution in [1.29, 1.82) is 0 Å². The van der Waals surface area contributed by atoms with Crippen LogP contribution >= 0.6 is 0 Å². The molecule has 2 nitrogen and oxygen atoms in total. The summed E-state index contributed by atoms with van der Waals surface area (Å²) in [5.41, 5.74) is 2.79. The normalized spacial score (nSPS) is 9.78. The third-order valence-corrected chi connectivity index (χ3v) is 2.96. The Balaban J connectivity index is 2.33. The van der Waals surface area contributed by atoms with Gasteiger partial charge in [0, 0.05) is 0 Å². The molecular weight excluding hydrogens is 280 g/mol. The standard InChI is InChI=1S/C21H20N2/c1-19-13-9-11-17-21(18-12-10-14-19)23-22-20-15-7-5-3-2-4-6-8-16-20/h2-18H,1H3/b3-2?,4-2?,5-3?,6-4?,7-5?,8-6?,11-9?,12-10?,13-9?,14-10?,15-7?,16-8?,17-11?,18-12?,19-13?,19-14?,20-15?,20-16?,21-17?,21-18?,23-22+. The highest BCUT2D eigenvalue weighted by Gasteiger charge is 1.85. The predicted molar refractivity (Wildman–Crippen MR) is 97.1 cm³/mol. The zero-order valence-corrected chi connectivity index (χ0v) is 13.2. The second-order valence-corrected chi connectivity index (χ2v) is 4.91. The lowest BCUT2D eigenvalue weighted by molar-refractivity contribution is 1.24. The molecule has 114 valence electrons. The molecule has 0 aliphatic carbocycles. The van der Waals surface area contributed by atoms with Gasteiger partial charge in [-0.2, -0.15) is 10.2 Å². The van der Waals surface area contributed by atoms with Crippen molar-refractivity contribution in [3.05, 3.63) is 109 Å². The summed E-state index contributed by atoms with van der Waals surface area (Å²) >= 11 is 0. The third kappa shape index (κ3) is 7.00. The van der Waals surface area contributed by atoms with Gasteiger partial charge in [-0.05, 0) is 31.2 Å². The molecule has 0 atom stereocenters. The van der Waals surface area contributed by atoms with Crippen LogP contribution in [0.4, 0.5) is 11.4 Å². The SMILES string of the molecule is Cc1ccccc(/N=N/c2ccccccccc2)cccc1. The van der Waals surface area contributed by atoms with Crippen LogP contribution in [0.2, 0.25) is 0 Å². The molecule has 0 saturated heterocycles. The van der Waals surface area contributed by atoms with Crippen molar-refractivity contribution in [2.75, 3.05) is 0 Å². The number of aryl methyl sites for hydroxylation is 1. The van der Waals surface area contributed by atoms with Gasteiger partial charge in [-0.1, -0.05) is 84.4 Å². The van der Waals surface area contributed by atoms with Gasteiger partial charge >= 0.3 is 0 Å². The molecule has 0 bridgehead atoms. The van der Waals surface area contributed by atoms with Crippen LogP contribution in [0.5, 0.6) is 0 Å². The molecular formula is C21H20N2. The molecule has 2 aromatic carbocycles. The van der Waals surface area contributed by atoms with Gasteiger partial charge in [0.15, 0.2) is 0 Å². The molecule has 2 aromatic rings. The van der Waals surface area contributed by atoms with Gasteiger partial charge < -0.3 is 0 Å². The molecule has 0 spiro atoms. The van der Waals surface area contributed by atoms with E-state index >= 15 is 0 Å². The molecule has 0 N–H and O–H groups in total. The van der Waals surface area contributed by atoms with Gasteiger partial charge in [-0.15, -0.1) is 0 Å². The maximum Gasteiger partial charge on any atom is 0.0857 e. The van der Waals surface area contributed by atoms with E-state index in [9.17, 15) is 0 Å². The molecule has 2 heteroatoms. The lowest BCUT2D eigenvalue weighted by Gasteiger charge is -1.89. The van der Waals surface area contributed by atoms with E-state index in [-0.39, 0.29) is 0 Å². The summed E-state index contributed by atoms with van der Waals surface area (Å²) in [4.78, 5) is 0. The average Bonchev–Trinajstić information content (AvgIpc) is 2.57. The highest BCUT2D eigenvalue weighted by atomic mass is 15.1. The van der Waals surface area contributed by atoms with E-state index in [0.29, 0.717) is 0 Å². The minimum Gasteiger partial charge on any atom is -0.151 e. The number of azo groups is 1. The van der Waals surface area contributed by atoms with Crippen LogP contribution < -0.4 is 0 Å². The number of hydrogen-bond acceptors (Lipinski definition) is 2. The zero-order chi connectivity index (χ0) is 16.2. The smallest absolute Gasteiger partial charge is 0.0857 e. The Bertz CT molecular complexity index is 711. The van der Waals surface area contributed by atoms with Gasteiger partial charge in [0.1, 0.15) is 0 Å². The van der Waals surface area contributed by atoms with E-state index in [2.05, 4.69) is 29.3 Å². The second kappa shape index (κ2) is 9.85. The van der Waals surface area contributed by atoms with E-state index in [4.69, 9.17) is 0 Å². The quantitative estimate of drug-likeness (QED) is 0.554. The van der Waals surface area contributed by atoms with Crippen LogP contribution in [0, 0.1) is 6.92 Å². The van der Waals surface area contributed by atoms with Gasteiger partial charge in [-0.25, -0.2) is 0 Å². The van der Waals surface area contributed by atoms with Crippen LogP contribution in [-0.4, -0.2) is 0 Å². The van der Waals surface area contributed by atoms with Crippen molar-refractivity contribution in [2.24, 2.45) is 10.2 Å². The number of hydrogen-bond donors (Lipinski definition) is 0. The van der Waals surface area contributed by atoms with Gasteiger partial charge in [0.2, 0.25) is 0 Å². The summed E-state index contributed by atoms with van der Waals surface area (Å²) in [6, 6.07) is 33.5. The summed E-state index contributed by atoms with van der Waals surface area (Å²) in [6.45, 7) is 2.07. The summed E-state index contributed by atoms with van der Waals surface area (Å²) in [5, 5.41) is 8.64. The van der Waals surface area contributed by atoms with Gasteiger partial charge in [-0.3, -0.25) is 0 Å². The Morgan fingerprint density at radius 1 is 0.435 bits per heavy atom. The molecule has 0 saturated carbocycles. The summed E-state index contributed by atoms with van der Waals surface area (Å²) in [7, 11) is 0. The summed E-state index contributed by atoms with van der Waals surface area (Å²) in [5.74, 6) is 0. The van der Waals surface area contributed by atoms with Crippen molar-refractivity contribution in [3.8, 4) is 0 Å². The zero-order valence-electron chi connectivity index (χ0n) is 13.2. The average molecular weight is 300 g/mol. The molecule has 0 aliphatic heterocycles. The predicted octanol–water partition coefficient (Wildman–Crippen LogP) is 6.66. The Labute approximate surface area is 137 Å². The fourth-order valence-electron chi connectivity index (χ4n) is 1.77. The lowest BCUT2D eigenvalue weighted by Crippen LogP contribution is -1.63. The number of rotatable bonds is 2. The first-order valence-corrected chi connectivity index (χ1v) is 7.55. The van der Waals surface area contributed by atoms with Gasteiger partial charge in [0.25, 0.3) is 0 Å². The Morgan fingerprint density at radius 2 is 0.739 bits per heavy atom. The van der Waals surface area contributed by atoms with Crippen LogP contribution in [0.25, 0.3) is 0 Å². The summed E-state index contributed by atoms with van der Waals surface area (Å²) < 4.78 is 0. The monoisotopic (exact) mass is 300 g/mol. The highest BCUT2D eigenvalue weighted by molar-refractivity contribution is 5.37. The fraction of sp³-hybridized carbons (Fsp3) is 0.0476. The topological polar surface area (TPSA) is 24.7 Å². The van der Waals surface area contributed by atoms with E-state index in [1.807, 2.05) is 91.0 Å². The van der Waals surface area contributed by atoms with Crippen LogP contribution in [0.1, 0.15) is 5.56 Å². The van der Waals surface area contributed by atoms with Crippen molar-refractivity contribution < 1.29 is 0 Å². The first-order chi connectivity index (χ1) is 11.3. The van der Waals surface area contributed by atoms with Crippen LogP contribution in [-0.2, 0) is 0 Å². The van der Waals surface area contributed by atoms with Crippen molar-refractivity contribution in [1.82, 2.24) is 0 Å². The molecule has 2 rings (SSSR count). The molecule has 23 heavy (non-hydrogen) atoms. The fourth-order valence-corrected chi connectivity index (χ4v) is 1.77. The molecule has 0 radical (unpaired) electrons. The van der Waals surface area contributed by atoms with Crippen molar-refractivity contribution in [3.63, 3.8) is 0 Å². The summed E-state index contributed by atoms with van der Waals surface area (Å²) in [6.07, 6.45) is 0. The minimum atomic E-state index is 0.794. The van der Waals surface area contributed by atoms with Crippen molar-refractivity contribution in [2.45, 2.75) is 6.92 Å². The van der Waals surface area contributed by atoms with Crippen molar-refractivity contribution >= 4 is 11.4 Å². The Morgan fingerprint density at radius 3 is 1.17 bits per heavy atom. The maximum absolute atomic E-state index is 4.32. The first-order valence-electron chi connectivity index (χ1n) is 7.55. The Hall–Kier alpha value is -3.00. The highest BCUT2D eigenvalue weighted by Crippen LogP contribution is 2.15. The van der Waals surface area contributed by atoms with Crippen LogP contribution in [0.15, 0.2) is 113 Å².